The maximum absolute atomic E-state index is 2.47. The molecule has 0 saturated carbocycles. The van der Waals surface area contributed by atoms with Gasteiger partial charge in [-0.2, -0.15) is 0 Å². The number of hydrogen-bond donors (Lipinski definition) is 0. The molecule has 134 valence electrons. The fourth-order valence-corrected chi connectivity index (χ4v) is 3.65. The summed E-state index contributed by atoms with van der Waals surface area (Å²) in [5, 5.41) is 0. The van der Waals surface area contributed by atoms with Crippen molar-refractivity contribution in [3.05, 3.63) is 0 Å². The van der Waals surface area contributed by atoms with Crippen molar-refractivity contribution in [2.45, 2.75) is 113 Å². The third-order valence-corrected chi connectivity index (χ3v) is 5.47. The maximum Gasteiger partial charge on any atom is -0.0383 e. The van der Waals surface area contributed by atoms with E-state index < -0.39 is 0 Å². The molecule has 3 atom stereocenters. The van der Waals surface area contributed by atoms with Gasteiger partial charge in [0, 0.05) is 0 Å². The Morgan fingerprint density at radius 2 is 1.18 bits per heavy atom. The molecule has 22 heavy (non-hydrogen) atoms. The normalized spacial score (nSPS) is 16.2. The molecule has 0 fully saturated rings. The molecule has 0 bridgehead atoms. The van der Waals surface area contributed by atoms with Crippen LogP contribution in [-0.2, 0) is 0 Å². The standard InChI is InChI=1S/C22H46/c1-8-10-13-21(16-15-19(5)6)22(17-20(7)9-2)14-11-12-18(3)4/h18-22H,8-17H2,1-7H3. The van der Waals surface area contributed by atoms with Gasteiger partial charge < -0.3 is 0 Å². The summed E-state index contributed by atoms with van der Waals surface area (Å²) in [6.07, 6.45) is 14.3. The molecule has 3 unspecified atom stereocenters. The highest BCUT2D eigenvalue weighted by molar-refractivity contribution is 4.74. The highest BCUT2D eigenvalue weighted by Crippen LogP contribution is 2.34. The molecule has 0 aromatic heterocycles. The summed E-state index contributed by atoms with van der Waals surface area (Å²) < 4.78 is 0. The van der Waals surface area contributed by atoms with Crippen molar-refractivity contribution in [3.8, 4) is 0 Å². The van der Waals surface area contributed by atoms with E-state index in [1.807, 2.05) is 0 Å². The first-order valence-electron chi connectivity index (χ1n) is 10.4. The Balaban J connectivity index is 4.65. The first-order valence-corrected chi connectivity index (χ1v) is 10.4. The molecular formula is C22H46. The summed E-state index contributed by atoms with van der Waals surface area (Å²) in [6.45, 7) is 16.7. The van der Waals surface area contributed by atoms with Crippen LogP contribution in [0, 0.1) is 29.6 Å². The molecule has 0 N–H and O–H groups in total. The largest absolute Gasteiger partial charge is 0.0654 e. The summed E-state index contributed by atoms with van der Waals surface area (Å²) in [7, 11) is 0. The van der Waals surface area contributed by atoms with Crippen LogP contribution in [0.25, 0.3) is 0 Å². The SMILES string of the molecule is CCCCC(CCC(C)C)C(CCCC(C)C)CC(C)CC. The summed E-state index contributed by atoms with van der Waals surface area (Å²) >= 11 is 0. The first kappa shape index (κ1) is 22.0. The molecule has 0 heteroatoms. The van der Waals surface area contributed by atoms with Crippen LogP contribution in [0.1, 0.15) is 113 Å². The molecule has 0 nitrogen and oxygen atoms in total. The second kappa shape index (κ2) is 13.4. The van der Waals surface area contributed by atoms with Crippen molar-refractivity contribution in [1.82, 2.24) is 0 Å². The predicted molar refractivity (Wildman–Crippen MR) is 103 cm³/mol. The van der Waals surface area contributed by atoms with E-state index in [0.717, 1.165) is 29.6 Å². The van der Waals surface area contributed by atoms with Crippen LogP contribution in [0.4, 0.5) is 0 Å². The second-order valence-corrected chi connectivity index (χ2v) is 8.71. The molecule has 0 spiro atoms. The van der Waals surface area contributed by atoms with Gasteiger partial charge in [0.2, 0.25) is 0 Å². The Labute approximate surface area is 142 Å². The summed E-state index contributed by atoms with van der Waals surface area (Å²) in [5.41, 5.74) is 0. The van der Waals surface area contributed by atoms with Crippen LogP contribution in [0.15, 0.2) is 0 Å². The van der Waals surface area contributed by atoms with E-state index >= 15 is 0 Å². The van der Waals surface area contributed by atoms with Crippen molar-refractivity contribution in [1.29, 1.82) is 0 Å². The number of rotatable bonds is 14. The fraction of sp³-hybridized carbons (Fsp3) is 1.00. The average molecular weight is 311 g/mol. The van der Waals surface area contributed by atoms with E-state index in [9.17, 15) is 0 Å². The summed E-state index contributed by atoms with van der Waals surface area (Å²) in [5.74, 6) is 4.62. The van der Waals surface area contributed by atoms with Crippen molar-refractivity contribution < 1.29 is 0 Å². The molecule has 0 rings (SSSR count). The van der Waals surface area contributed by atoms with Crippen molar-refractivity contribution in [2.24, 2.45) is 29.6 Å². The zero-order chi connectivity index (χ0) is 17.0. The minimum atomic E-state index is 0.865. The van der Waals surface area contributed by atoms with E-state index in [1.54, 1.807) is 0 Å². The number of hydrogen-bond acceptors (Lipinski definition) is 0. The third kappa shape index (κ3) is 11.6. The molecular weight excluding hydrogens is 264 g/mol. The second-order valence-electron chi connectivity index (χ2n) is 8.71. The van der Waals surface area contributed by atoms with Gasteiger partial charge in [-0.1, -0.05) is 99.8 Å². The molecule has 0 aromatic carbocycles. The molecule has 0 aliphatic heterocycles. The Kier molecular flexibility index (Phi) is 13.4. The quantitative estimate of drug-likeness (QED) is 0.304. The maximum atomic E-state index is 2.47. The molecule has 0 saturated heterocycles. The van der Waals surface area contributed by atoms with Gasteiger partial charge in [-0.25, -0.2) is 0 Å². The minimum absolute atomic E-state index is 0.865. The van der Waals surface area contributed by atoms with E-state index in [2.05, 4.69) is 48.5 Å². The Morgan fingerprint density at radius 3 is 1.68 bits per heavy atom. The van der Waals surface area contributed by atoms with E-state index in [0.29, 0.717) is 0 Å². The zero-order valence-corrected chi connectivity index (χ0v) is 17.0. The lowest BCUT2D eigenvalue weighted by molar-refractivity contribution is 0.210. The topological polar surface area (TPSA) is 0 Å². The van der Waals surface area contributed by atoms with Gasteiger partial charge in [-0.05, 0) is 42.4 Å². The zero-order valence-electron chi connectivity index (χ0n) is 17.0. The van der Waals surface area contributed by atoms with Crippen molar-refractivity contribution in [2.75, 3.05) is 0 Å². The van der Waals surface area contributed by atoms with Crippen LogP contribution in [-0.4, -0.2) is 0 Å². The third-order valence-electron chi connectivity index (χ3n) is 5.47. The van der Waals surface area contributed by atoms with Gasteiger partial charge in [0.15, 0.2) is 0 Å². The molecule has 0 aromatic rings. The summed E-state index contributed by atoms with van der Waals surface area (Å²) in [4.78, 5) is 0. The van der Waals surface area contributed by atoms with Gasteiger partial charge in [0.1, 0.15) is 0 Å². The predicted octanol–water partition coefficient (Wildman–Crippen LogP) is 8.11. The highest BCUT2D eigenvalue weighted by atomic mass is 14.3. The molecule has 0 heterocycles. The lowest BCUT2D eigenvalue weighted by atomic mass is 9.75. The fourth-order valence-electron chi connectivity index (χ4n) is 3.65. The van der Waals surface area contributed by atoms with Gasteiger partial charge in [0.25, 0.3) is 0 Å². The van der Waals surface area contributed by atoms with Gasteiger partial charge in [-0.3, -0.25) is 0 Å². The van der Waals surface area contributed by atoms with Crippen LogP contribution < -0.4 is 0 Å². The van der Waals surface area contributed by atoms with Crippen molar-refractivity contribution >= 4 is 0 Å². The van der Waals surface area contributed by atoms with E-state index in [4.69, 9.17) is 0 Å². The van der Waals surface area contributed by atoms with Crippen LogP contribution in [0.2, 0.25) is 0 Å². The lowest BCUT2D eigenvalue weighted by Gasteiger charge is -2.30. The molecule has 0 aliphatic rings. The average Bonchev–Trinajstić information content (AvgIpc) is 2.45. The monoisotopic (exact) mass is 310 g/mol. The van der Waals surface area contributed by atoms with E-state index in [1.165, 1.54) is 64.2 Å². The first-order chi connectivity index (χ1) is 10.4. The minimum Gasteiger partial charge on any atom is -0.0654 e. The summed E-state index contributed by atoms with van der Waals surface area (Å²) in [6, 6.07) is 0. The molecule has 0 aliphatic carbocycles. The lowest BCUT2D eigenvalue weighted by Crippen LogP contribution is -2.19. The highest BCUT2D eigenvalue weighted by Gasteiger charge is 2.22. The number of unbranched alkanes of at least 4 members (excludes halogenated alkanes) is 1. The van der Waals surface area contributed by atoms with Crippen LogP contribution in [0.5, 0.6) is 0 Å². The smallest absolute Gasteiger partial charge is 0.0383 e. The Morgan fingerprint density at radius 1 is 0.591 bits per heavy atom. The van der Waals surface area contributed by atoms with E-state index in [-0.39, 0.29) is 0 Å². The Hall–Kier alpha value is 0. The van der Waals surface area contributed by atoms with Gasteiger partial charge in [-0.15, -0.1) is 0 Å². The van der Waals surface area contributed by atoms with Crippen LogP contribution in [0.3, 0.4) is 0 Å². The van der Waals surface area contributed by atoms with Crippen molar-refractivity contribution in [3.63, 3.8) is 0 Å². The van der Waals surface area contributed by atoms with Gasteiger partial charge >= 0.3 is 0 Å². The van der Waals surface area contributed by atoms with Gasteiger partial charge in [0.05, 0.1) is 0 Å². The molecule has 0 radical (unpaired) electrons. The Bertz CT molecular complexity index is 228. The van der Waals surface area contributed by atoms with Crippen LogP contribution >= 0.6 is 0 Å². The molecule has 0 amide bonds.